The monoisotopic (exact) mass is 285 g/mol. The van der Waals surface area contributed by atoms with Crippen LogP contribution in [-0.2, 0) is 0 Å². The summed E-state index contributed by atoms with van der Waals surface area (Å²) in [6, 6.07) is 14.4. The molecule has 0 amide bonds. The van der Waals surface area contributed by atoms with Crippen molar-refractivity contribution in [3.63, 3.8) is 0 Å². The number of rotatable bonds is 3. The molecule has 1 heterocycles. The maximum atomic E-state index is 5.32. The second-order valence-corrected chi connectivity index (χ2v) is 5.30. The van der Waals surface area contributed by atoms with Gasteiger partial charge < -0.3 is 10.6 Å². The van der Waals surface area contributed by atoms with E-state index in [0.717, 1.165) is 11.5 Å². The summed E-state index contributed by atoms with van der Waals surface area (Å²) >= 11 is 5.32. The van der Waals surface area contributed by atoms with Crippen molar-refractivity contribution in [1.29, 1.82) is 0 Å². The van der Waals surface area contributed by atoms with Crippen molar-refractivity contribution >= 4 is 23.1 Å². The molecule has 0 spiro atoms. The Bertz CT molecular complexity index is 593. The Hall–Kier alpha value is -1.94. The minimum Gasteiger partial charge on any atom is -0.356 e. The van der Waals surface area contributed by atoms with Crippen LogP contribution in [0.5, 0.6) is 0 Å². The van der Waals surface area contributed by atoms with Crippen molar-refractivity contribution in [3.05, 3.63) is 59.3 Å². The molecule has 2 aromatic rings. The first-order chi connectivity index (χ1) is 9.54. The average molecular weight is 285 g/mol. The SMILES string of the molecule is Cc1ccc([C@@H](C)NC(=S)Nc2cccc(C)n2)cc1. The number of hydrogen-bond donors (Lipinski definition) is 2. The summed E-state index contributed by atoms with van der Waals surface area (Å²) in [6.07, 6.45) is 0. The number of nitrogens with one attached hydrogen (secondary N) is 2. The van der Waals surface area contributed by atoms with E-state index < -0.39 is 0 Å². The van der Waals surface area contributed by atoms with Gasteiger partial charge in [-0.2, -0.15) is 0 Å². The minimum absolute atomic E-state index is 0.153. The molecule has 0 bridgehead atoms. The smallest absolute Gasteiger partial charge is 0.172 e. The quantitative estimate of drug-likeness (QED) is 0.842. The van der Waals surface area contributed by atoms with Crippen LogP contribution in [0, 0.1) is 13.8 Å². The Morgan fingerprint density at radius 3 is 2.45 bits per heavy atom. The zero-order valence-electron chi connectivity index (χ0n) is 12.0. The van der Waals surface area contributed by atoms with Gasteiger partial charge >= 0.3 is 0 Å². The van der Waals surface area contributed by atoms with Crippen LogP contribution in [0.3, 0.4) is 0 Å². The van der Waals surface area contributed by atoms with Gasteiger partial charge in [0.05, 0.1) is 6.04 Å². The third kappa shape index (κ3) is 4.03. The largest absolute Gasteiger partial charge is 0.356 e. The minimum atomic E-state index is 0.153. The van der Waals surface area contributed by atoms with Crippen molar-refractivity contribution in [1.82, 2.24) is 10.3 Å². The van der Waals surface area contributed by atoms with Crippen LogP contribution in [0.4, 0.5) is 5.82 Å². The predicted molar refractivity (Wildman–Crippen MR) is 87.9 cm³/mol. The number of anilines is 1. The lowest BCUT2D eigenvalue weighted by Gasteiger charge is -2.17. The summed E-state index contributed by atoms with van der Waals surface area (Å²) in [4.78, 5) is 4.37. The Labute approximate surface area is 125 Å². The van der Waals surface area contributed by atoms with Crippen LogP contribution in [0.2, 0.25) is 0 Å². The third-order valence-corrected chi connectivity index (χ3v) is 3.27. The van der Waals surface area contributed by atoms with E-state index in [4.69, 9.17) is 12.2 Å². The first kappa shape index (κ1) is 14.5. The van der Waals surface area contributed by atoms with Gasteiger partial charge in [0, 0.05) is 5.69 Å². The fourth-order valence-corrected chi connectivity index (χ4v) is 2.18. The zero-order valence-corrected chi connectivity index (χ0v) is 12.8. The highest BCUT2D eigenvalue weighted by Gasteiger charge is 2.07. The summed E-state index contributed by atoms with van der Waals surface area (Å²) < 4.78 is 0. The van der Waals surface area contributed by atoms with Gasteiger partial charge in [-0.15, -0.1) is 0 Å². The molecule has 2 N–H and O–H groups in total. The predicted octanol–water partition coefficient (Wildman–Crippen LogP) is 3.75. The van der Waals surface area contributed by atoms with Crippen molar-refractivity contribution < 1.29 is 0 Å². The average Bonchev–Trinajstić information content (AvgIpc) is 2.39. The van der Waals surface area contributed by atoms with E-state index >= 15 is 0 Å². The van der Waals surface area contributed by atoms with Gasteiger partial charge in [-0.05, 0) is 50.7 Å². The van der Waals surface area contributed by atoms with E-state index in [1.54, 1.807) is 0 Å². The molecule has 0 fully saturated rings. The van der Waals surface area contributed by atoms with Crippen molar-refractivity contribution in [2.24, 2.45) is 0 Å². The summed E-state index contributed by atoms with van der Waals surface area (Å²) in [7, 11) is 0. The topological polar surface area (TPSA) is 37.0 Å². The lowest BCUT2D eigenvalue weighted by Crippen LogP contribution is -2.31. The van der Waals surface area contributed by atoms with E-state index in [1.165, 1.54) is 11.1 Å². The van der Waals surface area contributed by atoms with Crippen LogP contribution in [0.1, 0.15) is 29.8 Å². The Morgan fingerprint density at radius 2 is 1.80 bits per heavy atom. The summed E-state index contributed by atoms with van der Waals surface area (Å²) in [5.74, 6) is 0.763. The highest BCUT2D eigenvalue weighted by atomic mass is 32.1. The lowest BCUT2D eigenvalue weighted by molar-refractivity contribution is 0.722. The number of pyridine rings is 1. The Kier molecular flexibility index (Phi) is 4.69. The molecule has 0 radical (unpaired) electrons. The molecule has 0 aliphatic heterocycles. The molecule has 3 nitrogen and oxygen atoms in total. The number of aromatic nitrogens is 1. The van der Waals surface area contributed by atoms with Gasteiger partial charge in [0.25, 0.3) is 0 Å². The normalized spacial score (nSPS) is 11.8. The molecule has 2 rings (SSSR count). The van der Waals surface area contributed by atoms with E-state index in [-0.39, 0.29) is 6.04 Å². The second kappa shape index (κ2) is 6.48. The molecule has 0 aliphatic carbocycles. The molecule has 0 aliphatic rings. The van der Waals surface area contributed by atoms with Gasteiger partial charge in [0.15, 0.2) is 5.11 Å². The second-order valence-electron chi connectivity index (χ2n) is 4.90. The van der Waals surface area contributed by atoms with Crippen LogP contribution in [0.15, 0.2) is 42.5 Å². The van der Waals surface area contributed by atoms with Gasteiger partial charge in [-0.25, -0.2) is 4.98 Å². The van der Waals surface area contributed by atoms with Crippen LogP contribution in [-0.4, -0.2) is 10.1 Å². The van der Waals surface area contributed by atoms with Gasteiger partial charge in [0.2, 0.25) is 0 Å². The van der Waals surface area contributed by atoms with Crippen molar-refractivity contribution in [2.75, 3.05) is 5.32 Å². The molecule has 0 saturated carbocycles. The van der Waals surface area contributed by atoms with Gasteiger partial charge in [-0.1, -0.05) is 35.9 Å². The highest BCUT2D eigenvalue weighted by Crippen LogP contribution is 2.13. The summed E-state index contributed by atoms with van der Waals surface area (Å²) in [6.45, 7) is 6.12. The van der Waals surface area contributed by atoms with Crippen molar-refractivity contribution in [3.8, 4) is 0 Å². The molecule has 1 atom stereocenters. The van der Waals surface area contributed by atoms with E-state index in [2.05, 4.69) is 53.7 Å². The van der Waals surface area contributed by atoms with Gasteiger partial charge in [0.1, 0.15) is 5.82 Å². The molecule has 0 unspecified atom stereocenters. The summed E-state index contributed by atoms with van der Waals surface area (Å²) in [5, 5.41) is 6.95. The van der Waals surface area contributed by atoms with E-state index in [0.29, 0.717) is 5.11 Å². The number of thiocarbonyl (C=S) groups is 1. The molecule has 1 aromatic heterocycles. The number of nitrogens with zero attached hydrogens (tertiary/aromatic N) is 1. The number of aryl methyl sites for hydroxylation is 2. The first-order valence-corrected chi connectivity index (χ1v) is 7.03. The number of hydrogen-bond acceptors (Lipinski definition) is 2. The molecule has 4 heteroatoms. The Balaban J connectivity index is 1.95. The standard InChI is InChI=1S/C16H19N3S/c1-11-7-9-14(10-8-11)13(3)18-16(20)19-15-6-4-5-12(2)17-15/h4-10,13H,1-3H3,(H2,17,18,19,20)/t13-/m1/s1. The molecular formula is C16H19N3S. The lowest BCUT2D eigenvalue weighted by atomic mass is 10.1. The first-order valence-electron chi connectivity index (χ1n) is 6.62. The molecule has 1 aromatic carbocycles. The van der Waals surface area contributed by atoms with Crippen molar-refractivity contribution in [2.45, 2.75) is 26.8 Å². The molecule has 20 heavy (non-hydrogen) atoms. The maximum Gasteiger partial charge on any atom is 0.172 e. The fraction of sp³-hybridized carbons (Fsp3) is 0.250. The summed E-state index contributed by atoms with van der Waals surface area (Å²) in [5.41, 5.74) is 3.42. The Morgan fingerprint density at radius 1 is 1.10 bits per heavy atom. The molecule has 104 valence electrons. The number of benzene rings is 1. The maximum absolute atomic E-state index is 5.32. The fourth-order valence-electron chi connectivity index (χ4n) is 1.90. The van der Waals surface area contributed by atoms with Crippen LogP contribution >= 0.6 is 12.2 Å². The van der Waals surface area contributed by atoms with Crippen LogP contribution in [0.25, 0.3) is 0 Å². The molecular weight excluding hydrogens is 266 g/mol. The third-order valence-electron chi connectivity index (χ3n) is 3.05. The highest BCUT2D eigenvalue weighted by molar-refractivity contribution is 7.80. The van der Waals surface area contributed by atoms with E-state index in [9.17, 15) is 0 Å². The molecule has 0 saturated heterocycles. The zero-order chi connectivity index (χ0) is 14.5. The van der Waals surface area contributed by atoms with Crippen LogP contribution < -0.4 is 10.6 Å². The van der Waals surface area contributed by atoms with E-state index in [1.807, 2.05) is 25.1 Å². The van der Waals surface area contributed by atoms with Gasteiger partial charge in [-0.3, -0.25) is 0 Å².